The van der Waals surface area contributed by atoms with Crippen LogP contribution < -0.4 is 5.43 Å². The van der Waals surface area contributed by atoms with Gasteiger partial charge < -0.3 is 0 Å². The van der Waals surface area contributed by atoms with E-state index in [2.05, 4.69) is 41.6 Å². The van der Waals surface area contributed by atoms with Crippen molar-refractivity contribution in [2.75, 3.05) is 0 Å². The smallest absolute Gasteiger partial charge is 0.275 e. The normalized spacial score (nSPS) is 11.2. The molecule has 2 aromatic rings. The van der Waals surface area contributed by atoms with Crippen LogP contribution in [-0.2, 0) is 7.05 Å². The van der Waals surface area contributed by atoms with Gasteiger partial charge in [-0.25, -0.2) is 5.43 Å². The maximum Gasteiger partial charge on any atom is 0.291 e. The highest BCUT2D eigenvalue weighted by Gasteiger charge is 2.06. The van der Waals surface area contributed by atoms with Gasteiger partial charge in [0.15, 0.2) is 5.69 Å². The molecule has 1 aromatic carbocycles. The number of rotatable bonds is 4. The fourth-order valence-electron chi connectivity index (χ4n) is 1.73. The number of carbonyl (C=O) groups excluding carboxylic acids is 1. The number of hydrogen-bond acceptors (Lipinski definition) is 3. The molecule has 0 bridgehead atoms. The number of nitrogens with one attached hydrogen (secondary N) is 1. The van der Waals surface area contributed by atoms with E-state index in [0.717, 1.165) is 5.56 Å². The van der Waals surface area contributed by atoms with Gasteiger partial charge in [0.2, 0.25) is 0 Å². The van der Waals surface area contributed by atoms with E-state index in [1.165, 1.54) is 5.56 Å². The largest absolute Gasteiger partial charge is 0.291 e. The van der Waals surface area contributed by atoms with Crippen molar-refractivity contribution < 1.29 is 4.79 Å². The first kappa shape index (κ1) is 14.0. The molecule has 0 fully saturated rings. The SMILES string of the molecule is CC(C)c1ccc(C=NNC(=O)c2ccn(C)n2)cc1. The van der Waals surface area contributed by atoms with Crippen molar-refractivity contribution in [2.24, 2.45) is 12.1 Å². The summed E-state index contributed by atoms with van der Waals surface area (Å²) in [6.45, 7) is 4.30. The minimum absolute atomic E-state index is 0.319. The van der Waals surface area contributed by atoms with Crippen LogP contribution in [0.2, 0.25) is 0 Å². The molecule has 1 amide bonds. The van der Waals surface area contributed by atoms with E-state index in [0.29, 0.717) is 11.6 Å². The van der Waals surface area contributed by atoms with E-state index in [1.54, 1.807) is 30.2 Å². The number of carbonyl (C=O) groups is 1. The van der Waals surface area contributed by atoms with Gasteiger partial charge in [-0.3, -0.25) is 9.48 Å². The predicted molar refractivity (Wildman–Crippen MR) is 78.8 cm³/mol. The monoisotopic (exact) mass is 270 g/mol. The molecule has 1 aromatic heterocycles. The highest BCUT2D eigenvalue weighted by atomic mass is 16.2. The number of benzene rings is 1. The Labute approximate surface area is 118 Å². The fourth-order valence-corrected chi connectivity index (χ4v) is 1.73. The van der Waals surface area contributed by atoms with Gasteiger partial charge in [0.1, 0.15) is 0 Å². The zero-order chi connectivity index (χ0) is 14.5. The van der Waals surface area contributed by atoms with Crippen LogP contribution in [0.4, 0.5) is 0 Å². The third-order valence-corrected chi connectivity index (χ3v) is 2.93. The minimum atomic E-state index is -0.319. The number of amides is 1. The van der Waals surface area contributed by atoms with E-state index in [9.17, 15) is 4.79 Å². The van der Waals surface area contributed by atoms with Crippen LogP contribution in [0.25, 0.3) is 0 Å². The second-order valence-electron chi connectivity index (χ2n) is 4.90. The highest BCUT2D eigenvalue weighted by molar-refractivity contribution is 5.92. The molecule has 0 radical (unpaired) electrons. The van der Waals surface area contributed by atoms with E-state index in [1.807, 2.05) is 12.1 Å². The summed E-state index contributed by atoms with van der Waals surface area (Å²) in [4.78, 5) is 11.7. The molecule has 0 spiro atoms. The second kappa shape index (κ2) is 6.14. The zero-order valence-corrected chi connectivity index (χ0v) is 11.9. The van der Waals surface area contributed by atoms with Gasteiger partial charge in [0.25, 0.3) is 5.91 Å². The molecule has 5 nitrogen and oxygen atoms in total. The van der Waals surface area contributed by atoms with Crippen molar-refractivity contribution in [1.82, 2.24) is 15.2 Å². The molecule has 20 heavy (non-hydrogen) atoms. The van der Waals surface area contributed by atoms with Crippen molar-refractivity contribution in [1.29, 1.82) is 0 Å². The van der Waals surface area contributed by atoms with E-state index < -0.39 is 0 Å². The summed E-state index contributed by atoms with van der Waals surface area (Å²) in [5.41, 5.74) is 5.02. The molecular weight excluding hydrogens is 252 g/mol. The highest BCUT2D eigenvalue weighted by Crippen LogP contribution is 2.13. The number of aromatic nitrogens is 2. The lowest BCUT2D eigenvalue weighted by atomic mass is 10.0. The number of hydrazone groups is 1. The summed E-state index contributed by atoms with van der Waals surface area (Å²) in [6, 6.07) is 9.72. The predicted octanol–water partition coefficient (Wildman–Crippen LogP) is 2.31. The van der Waals surface area contributed by atoms with E-state index >= 15 is 0 Å². The second-order valence-corrected chi connectivity index (χ2v) is 4.90. The lowest BCUT2D eigenvalue weighted by molar-refractivity contribution is 0.0949. The summed E-state index contributed by atoms with van der Waals surface area (Å²) in [5.74, 6) is 0.186. The summed E-state index contributed by atoms with van der Waals surface area (Å²) in [7, 11) is 1.76. The summed E-state index contributed by atoms with van der Waals surface area (Å²) >= 11 is 0. The van der Waals surface area contributed by atoms with Gasteiger partial charge in [0.05, 0.1) is 6.21 Å². The summed E-state index contributed by atoms with van der Waals surface area (Å²) in [6.07, 6.45) is 3.33. The molecule has 0 saturated carbocycles. The van der Waals surface area contributed by atoms with Crippen molar-refractivity contribution in [3.8, 4) is 0 Å². The number of nitrogens with zero attached hydrogens (tertiary/aromatic N) is 3. The Bertz CT molecular complexity index is 611. The van der Waals surface area contributed by atoms with Crippen LogP contribution in [0.5, 0.6) is 0 Å². The molecule has 0 aliphatic carbocycles. The Morgan fingerprint density at radius 1 is 1.30 bits per heavy atom. The maximum absolute atomic E-state index is 11.7. The van der Waals surface area contributed by atoms with Crippen molar-refractivity contribution >= 4 is 12.1 Å². The topological polar surface area (TPSA) is 59.3 Å². The first-order chi connectivity index (χ1) is 9.56. The molecule has 0 atom stereocenters. The quantitative estimate of drug-likeness (QED) is 0.684. The van der Waals surface area contributed by atoms with Crippen molar-refractivity contribution in [3.05, 3.63) is 53.3 Å². The molecule has 0 aliphatic heterocycles. The maximum atomic E-state index is 11.7. The number of hydrogen-bond donors (Lipinski definition) is 1. The first-order valence-electron chi connectivity index (χ1n) is 6.49. The Morgan fingerprint density at radius 2 is 2.00 bits per heavy atom. The molecule has 2 rings (SSSR count). The molecule has 104 valence electrons. The van der Waals surface area contributed by atoms with Gasteiger partial charge in [-0.2, -0.15) is 10.2 Å². The Kier molecular flexibility index (Phi) is 4.30. The van der Waals surface area contributed by atoms with Crippen LogP contribution in [0.15, 0.2) is 41.6 Å². The molecule has 1 heterocycles. The van der Waals surface area contributed by atoms with Crippen LogP contribution in [0.3, 0.4) is 0 Å². The molecule has 1 N–H and O–H groups in total. The third-order valence-electron chi connectivity index (χ3n) is 2.93. The average Bonchev–Trinajstić information content (AvgIpc) is 2.86. The van der Waals surface area contributed by atoms with E-state index in [-0.39, 0.29) is 5.91 Å². The summed E-state index contributed by atoms with van der Waals surface area (Å²) < 4.78 is 1.57. The van der Waals surface area contributed by atoms with Crippen molar-refractivity contribution in [2.45, 2.75) is 19.8 Å². The molecular formula is C15H18N4O. The molecule has 5 heteroatoms. The summed E-state index contributed by atoms with van der Waals surface area (Å²) in [5, 5.41) is 7.93. The first-order valence-corrected chi connectivity index (χ1v) is 6.49. The minimum Gasteiger partial charge on any atom is -0.275 e. The Morgan fingerprint density at radius 3 is 2.55 bits per heavy atom. The Hall–Kier alpha value is -2.43. The van der Waals surface area contributed by atoms with Crippen LogP contribution in [0.1, 0.15) is 41.4 Å². The van der Waals surface area contributed by atoms with Gasteiger partial charge >= 0.3 is 0 Å². The van der Waals surface area contributed by atoms with Crippen LogP contribution >= 0.6 is 0 Å². The standard InChI is InChI=1S/C15H18N4O/c1-11(2)13-6-4-12(5-7-13)10-16-17-15(20)14-8-9-19(3)18-14/h4-11H,1-3H3,(H,17,20). The average molecular weight is 270 g/mol. The Balaban J connectivity index is 1.94. The van der Waals surface area contributed by atoms with Gasteiger partial charge in [-0.05, 0) is 23.1 Å². The fraction of sp³-hybridized carbons (Fsp3) is 0.267. The van der Waals surface area contributed by atoms with Gasteiger partial charge in [-0.1, -0.05) is 38.1 Å². The number of aryl methyl sites for hydroxylation is 1. The molecule has 0 aliphatic rings. The third kappa shape index (κ3) is 3.54. The molecule has 0 saturated heterocycles. The lowest BCUT2D eigenvalue weighted by Gasteiger charge is -2.04. The molecule has 0 unspecified atom stereocenters. The van der Waals surface area contributed by atoms with Crippen LogP contribution in [0, 0.1) is 0 Å². The van der Waals surface area contributed by atoms with Gasteiger partial charge in [0, 0.05) is 13.2 Å². The van der Waals surface area contributed by atoms with Crippen LogP contribution in [-0.4, -0.2) is 21.9 Å². The van der Waals surface area contributed by atoms with E-state index in [4.69, 9.17) is 0 Å². The van der Waals surface area contributed by atoms with Crippen molar-refractivity contribution in [3.63, 3.8) is 0 Å². The zero-order valence-electron chi connectivity index (χ0n) is 11.9. The van der Waals surface area contributed by atoms with Gasteiger partial charge in [-0.15, -0.1) is 0 Å². The lowest BCUT2D eigenvalue weighted by Crippen LogP contribution is -2.18.